The normalized spacial score (nSPS) is 16.5. The second-order valence-corrected chi connectivity index (χ2v) is 14.3. The molecule has 0 bridgehead atoms. The maximum Gasteiger partial charge on any atom is 0.238 e. The molecule has 0 saturated carbocycles. The molecule has 0 aromatic carbocycles. The van der Waals surface area contributed by atoms with Crippen molar-refractivity contribution < 1.29 is 14.6 Å². The molecular formula is C20H26ClN3O3Si. The van der Waals surface area contributed by atoms with E-state index in [1.165, 1.54) is 6.20 Å². The minimum absolute atomic E-state index is 0.0534. The van der Waals surface area contributed by atoms with Crippen LogP contribution in [0.1, 0.15) is 22.7 Å². The first-order valence-electron chi connectivity index (χ1n) is 9.38. The van der Waals surface area contributed by atoms with Crippen LogP contribution in [0.5, 0.6) is 0 Å². The first kappa shape index (κ1) is 20.9. The van der Waals surface area contributed by atoms with Gasteiger partial charge < -0.3 is 9.84 Å². The average molecular weight is 420 g/mol. The number of aliphatic hydroxyl groups is 1. The summed E-state index contributed by atoms with van der Waals surface area (Å²) in [6, 6.07) is 6.48. The number of aliphatic hydroxyl groups excluding tert-OH is 1. The lowest BCUT2D eigenvalue weighted by Crippen LogP contribution is -2.33. The van der Waals surface area contributed by atoms with E-state index in [1.54, 1.807) is 17.2 Å². The Bertz CT molecular complexity index is 857. The van der Waals surface area contributed by atoms with Gasteiger partial charge in [0.15, 0.2) is 0 Å². The summed E-state index contributed by atoms with van der Waals surface area (Å²) in [4.78, 5) is 23.5. The summed E-state index contributed by atoms with van der Waals surface area (Å²) in [6.45, 7) is 7.55. The van der Waals surface area contributed by atoms with Crippen LogP contribution in [0.15, 0.2) is 30.6 Å². The van der Waals surface area contributed by atoms with Crippen LogP contribution in [0, 0.1) is 0 Å². The van der Waals surface area contributed by atoms with E-state index in [9.17, 15) is 9.90 Å². The number of nitrogens with zero attached hydrogens (tertiary/aromatic N) is 3. The number of carbonyl (C=O) groups excluding carboxylic acids is 1. The molecule has 1 atom stereocenters. The number of amides is 1. The highest BCUT2D eigenvalue weighted by molar-refractivity contribution is 6.76. The fourth-order valence-electron chi connectivity index (χ4n) is 3.21. The van der Waals surface area contributed by atoms with Gasteiger partial charge in [-0.2, -0.15) is 0 Å². The summed E-state index contributed by atoms with van der Waals surface area (Å²) in [6.07, 6.45) is 3.61. The zero-order valence-electron chi connectivity index (χ0n) is 16.5. The van der Waals surface area contributed by atoms with Crippen molar-refractivity contribution in [2.75, 3.05) is 18.2 Å². The summed E-state index contributed by atoms with van der Waals surface area (Å²) < 4.78 is 5.81. The lowest BCUT2D eigenvalue weighted by molar-refractivity contribution is -0.120. The third-order valence-corrected chi connectivity index (χ3v) is 6.73. The number of anilines is 1. The molecule has 150 valence electrons. The van der Waals surface area contributed by atoms with Crippen molar-refractivity contribution in [3.05, 3.63) is 52.4 Å². The number of ether oxygens (including phenoxy) is 1. The molecule has 1 amide bonds. The molecule has 0 fully saturated rings. The molecule has 0 aliphatic carbocycles. The van der Waals surface area contributed by atoms with Crippen LogP contribution >= 0.6 is 11.6 Å². The molecule has 1 unspecified atom stereocenters. The van der Waals surface area contributed by atoms with E-state index in [1.807, 2.05) is 12.1 Å². The molecule has 2 aromatic rings. The number of rotatable bonds is 8. The molecule has 28 heavy (non-hydrogen) atoms. The minimum Gasteiger partial charge on any atom is -0.392 e. The van der Waals surface area contributed by atoms with E-state index in [2.05, 4.69) is 29.6 Å². The zero-order chi connectivity index (χ0) is 20.3. The maximum absolute atomic E-state index is 13.1. The van der Waals surface area contributed by atoms with Crippen LogP contribution in [0.25, 0.3) is 0 Å². The van der Waals surface area contributed by atoms with Crippen LogP contribution in [0.4, 0.5) is 5.82 Å². The molecule has 3 rings (SSSR count). The summed E-state index contributed by atoms with van der Waals surface area (Å²) >= 11 is 5.98. The van der Waals surface area contributed by atoms with Crippen LogP contribution in [0.3, 0.4) is 0 Å². The number of halogens is 1. The number of hydrogen-bond donors (Lipinski definition) is 1. The smallest absolute Gasteiger partial charge is 0.238 e. The standard InChI is InChI=1S/C20H26ClN3O3Si/c1-28(2,3)8-7-27-13-24-19-16(5-4-6-22-19)17(20(24)26)10-18-14(12-25)9-15(21)11-23-18/h4-6,9,11,17,25H,7-8,10,12-13H2,1-3H3. The van der Waals surface area contributed by atoms with Gasteiger partial charge in [0, 0.05) is 50.3 Å². The van der Waals surface area contributed by atoms with E-state index >= 15 is 0 Å². The number of pyridine rings is 2. The number of carbonyl (C=O) groups is 1. The topological polar surface area (TPSA) is 75.5 Å². The van der Waals surface area contributed by atoms with Gasteiger partial charge in [-0.3, -0.25) is 14.7 Å². The third kappa shape index (κ3) is 4.78. The third-order valence-electron chi connectivity index (χ3n) is 4.82. The van der Waals surface area contributed by atoms with Crippen molar-refractivity contribution >= 4 is 31.4 Å². The molecule has 1 aliphatic heterocycles. The Hall–Kier alpha value is -1.80. The van der Waals surface area contributed by atoms with Gasteiger partial charge in [0.25, 0.3) is 0 Å². The fourth-order valence-corrected chi connectivity index (χ4v) is 4.15. The number of fused-ring (bicyclic) bond motifs is 1. The fraction of sp³-hybridized carbons (Fsp3) is 0.450. The van der Waals surface area contributed by atoms with Gasteiger partial charge in [0.05, 0.1) is 17.5 Å². The zero-order valence-corrected chi connectivity index (χ0v) is 18.2. The highest BCUT2D eigenvalue weighted by Crippen LogP contribution is 2.37. The summed E-state index contributed by atoms with van der Waals surface area (Å²) in [5, 5.41) is 10.1. The van der Waals surface area contributed by atoms with Gasteiger partial charge in [-0.05, 0) is 18.2 Å². The van der Waals surface area contributed by atoms with Gasteiger partial charge >= 0.3 is 0 Å². The quantitative estimate of drug-likeness (QED) is 0.522. The molecule has 0 radical (unpaired) electrons. The van der Waals surface area contributed by atoms with Gasteiger partial charge in [-0.25, -0.2) is 4.98 Å². The Balaban J connectivity index is 1.77. The van der Waals surface area contributed by atoms with E-state index < -0.39 is 14.0 Å². The van der Waals surface area contributed by atoms with Crippen LogP contribution in [0.2, 0.25) is 30.7 Å². The molecule has 8 heteroatoms. The van der Waals surface area contributed by atoms with E-state index in [0.717, 1.165) is 11.6 Å². The molecule has 2 aromatic heterocycles. The minimum atomic E-state index is -1.19. The largest absolute Gasteiger partial charge is 0.392 e. The molecule has 1 aliphatic rings. The second kappa shape index (κ2) is 8.69. The molecule has 6 nitrogen and oxygen atoms in total. The summed E-state index contributed by atoms with van der Waals surface area (Å²) in [5.41, 5.74) is 2.17. The molecular weight excluding hydrogens is 394 g/mol. The van der Waals surface area contributed by atoms with Gasteiger partial charge in [-0.15, -0.1) is 0 Å². The molecule has 0 saturated heterocycles. The average Bonchev–Trinajstić information content (AvgIpc) is 2.91. The lowest BCUT2D eigenvalue weighted by Gasteiger charge is -2.20. The number of hydrogen-bond acceptors (Lipinski definition) is 5. The van der Waals surface area contributed by atoms with Crippen LogP contribution in [-0.2, 0) is 22.6 Å². The lowest BCUT2D eigenvalue weighted by atomic mass is 9.95. The van der Waals surface area contributed by atoms with Gasteiger partial charge in [0.2, 0.25) is 5.91 Å². The van der Waals surface area contributed by atoms with Gasteiger partial charge in [0.1, 0.15) is 12.5 Å². The van der Waals surface area contributed by atoms with E-state index in [4.69, 9.17) is 16.3 Å². The summed E-state index contributed by atoms with van der Waals surface area (Å²) in [5.74, 6) is 0.190. The van der Waals surface area contributed by atoms with Crippen molar-refractivity contribution in [1.29, 1.82) is 0 Å². The van der Waals surface area contributed by atoms with Crippen LogP contribution in [-0.4, -0.2) is 42.4 Å². The van der Waals surface area contributed by atoms with Crippen molar-refractivity contribution in [2.45, 2.75) is 44.6 Å². The summed E-state index contributed by atoms with van der Waals surface area (Å²) in [7, 11) is -1.19. The Morgan fingerprint density at radius 3 is 2.82 bits per heavy atom. The Morgan fingerprint density at radius 2 is 2.11 bits per heavy atom. The highest BCUT2D eigenvalue weighted by atomic mass is 35.5. The molecule has 3 heterocycles. The highest BCUT2D eigenvalue weighted by Gasteiger charge is 2.38. The van der Waals surface area contributed by atoms with Crippen molar-refractivity contribution in [3.63, 3.8) is 0 Å². The first-order valence-corrected chi connectivity index (χ1v) is 13.5. The van der Waals surface area contributed by atoms with Crippen molar-refractivity contribution in [3.8, 4) is 0 Å². The van der Waals surface area contributed by atoms with Gasteiger partial charge in [-0.1, -0.05) is 37.3 Å². The predicted molar refractivity (Wildman–Crippen MR) is 112 cm³/mol. The SMILES string of the molecule is C[Si](C)(C)CCOCN1C(=O)C(Cc2ncc(Cl)cc2CO)c2cccnc21. The predicted octanol–water partition coefficient (Wildman–Crippen LogP) is 3.61. The maximum atomic E-state index is 13.1. The Labute approximate surface area is 171 Å². The van der Waals surface area contributed by atoms with Crippen molar-refractivity contribution in [2.24, 2.45) is 0 Å². The Morgan fingerprint density at radius 1 is 1.32 bits per heavy atom. The van der Waals surface area contributed by atoms with E-state index in [0.29, 0.717) is 35.1 Å². The van der Waals surface area contributed by atoms with E-state index in [-0.39, 0.29) is 19.2 Å². The molecule has 0 spiro atoms. The number of aromatic nitrogens is 2. The second-order valence-electron chi connectivity index (χ2n) is 8.20. The Kier molecular flexibility index (Phi) is 6.49. The molecule has 1 N–H and O–H groups in total. The van der Waals surface area contributed by atoms with Crippen LogP contribution < -0.4 is 4.90 Å². The monoisotopic (exact) mass is 419 g/mol. The first-order chi connectivity index (χ1) is 13.3. The van der Waals surface area contributed by atoms with Crippen molar-refractivity contribution in [1.82, 2.24) is 9.97 Å².